The number of carbonyl (C=O) groups excluding carboxylic acids is 2. The van der Waals surface area contributed by atoms with Crippen molar-refractivity contribution in [3.8, 4) is 5.69 Å². The van der Waals surface area contributed by atoms with E-state index in [1.165, 1.54) is 6.33 Å². The molecule has 0 radical (unpaired) electrons. The van der Waals surface area contributed by atoms with Crippen LogP contribution in [0.2, 0.25) is 0 Å². The third kappa shape index (κ3) is 4.28. The summed E-state index contributed by atoms with van der Waals surface area (Å²) < 4.78 is 1.55. The summed E-state index contributed by atoms with van der Waals surface area (Å²) in [4.78, 5) is 30.6. The highest BCUT2D eigenvalue weighted by molar-refractivity contribution is 5.89. The lowest BCUT2D eigenvalue weighted by Crippen LogP contribution is -2.52. The number of aromatic nitrogens is 4. The van der Waals surface area contributed by atoms with Crippen molar-refractivity contribution in [3.63, 3.8) is 0 Å². The number of nitrogens with one attached hydrogen (secondary N) is 1. The van der Waals surface area contributed by atoms with E-state index in [2.05, 4.69) is 25.7 Å². The summed E-state index contributed by atoms with van der Waals surface area (Å²) in [6.07, 6.45) is 3.73. The van der Waals surface area contributed by atoms with Crippen molar-refractivity contribution in [1.29, 1.82) is 0 Å². The SMILES string of the molecule is O=C(CN1CCN(C(=O)Nc2ccc(-n3cnnn3)cc2)CC1)N1CCCC1. The molecule has 2 aromatic rings. The van der Waals surface area contributed by atoms with Gasteiger partial charge in [0, 0.05) is 45.0 Å². The van der Waals surface area contributed by atoms with Crippen LogP contribution in [-0.2, 0) is 4.79 Å². The van der Waals surface area contributed by atoms with Crippen molar-refractivity contribution >= 4 is 17.6 Å². The zero-order valence-corrected chi connectivity index (χ0v) is 15.7. The number of urea groups is 1. The van der Waals surface area contributed by atoms with Gasteiger partial charge in [-0.1, -0.05) is 0 Å². The van der Waals surface area contributed by atoms with Crippen LogP contribution >= 0.6 is 0 Å². The molecule has 2 aliphatic rings. The van der Waals surface area contributed by atoms with E-state index in [0.29, 0.717) is 38.4 Å². The molecule has 2 fully saturated rings. The van der Waals surface area contributed by atoms with Crippen LogP contribution in [0.25, 0.3) is 5.69 Å². The van der Waals surface area contributed by atoms with Gasteiger partial charge in [-0.05, 0) is 47.5 Å². The van der Waals surface area contributed by atoms with E-state index in [1.54, 1.807) is 9.58 Å². The predicted octanol–water partition coefficient (Wildman–Crippen LogP) is 0.434. The molecule has 3 heterocycles. The molecule has 0 unspecified atom stereocenters. The summed E-state index contributed by atoms with van der Waals surface area (Å²) in [5.74, 6) is 0.207. The molecule has 0 spiro atoms. The zero-order valence-electron chi connectivity index (χ0n) is 15.7. The molecule has 1 aromatic carbocycles. The third-order valence-electron chi connectivity index (χ3n) is 5.21. The molecule has 10 nitrogen and oxygen atoms in total. The van der Waals surface area contributed by atoms with Gasteiger partial charge in [-0.15, -0.1) is 5.10 Å². The zero-order chi connectivity index (χ0) is 19.3. The first kappa shape index (κ1) is 18.4. The number of nitrogens with zero attached hydrogens (tertiary/aromatic N) is 7. The summed E-state index contributed by atoms with van der Waals surface area (Å²) in [7, 11) is 0. The van der Waals surface area contributed by atoms with Crippen LogP contribution < -0.4 is 5.32 Å². The number of amides is 3. The van der Waals surface area contributed by atoms with Crippen LogP contribution in [0.5, 0.6) is 0 Å². The van der Waals surface area contributed by atoms with Gasteiger partial charge >= 0.3 is 6.03 Å². The van der Waals surface area contributed by atoms with Gasteiger partial charge in [0.2, 0.25) is 5.91 Å². The summed E-state index contributed by atoms with van der Waals surface area (Å²) in [6.45, 7) is 4.87. The summed E-state index contributed by atoms with van der Waals surface area (Å²) in [5, 5.41) is 14.0. The number of piperazine rings is 1. The van der Waals surface area contributed by atoms with Gasteiger partial charge in [0.15, 0.2) is 0 Å². The highest BCUT2D eigenvalue weighted by atomic mass is 16.2. The van der Waals surface area contributed by atoms with E-state index >= 15 is 0 Å². The second-order valence-electron chi connectivity index (χ2n) is 7.08. The summed E-state index contributed by atoms with van der Waals surface area (Å²) in [6, 6.07) is 7.20. The Morgan fingerprint density at radius 2 is 1.64 bits per heavy atom. The minimum Gasteiger partial charge on any atom is -0.342 e. The van der Waals surface area contributed by atoms with E-state index in [9.17, 15) is 9.59 Å². The highest BCUT2D eigenvalue weighted by Gasteiger charge is 2.25. The molecular weight excluding hydrogens is 360 g/mol. The maximum Gasteiger partial charge on any atom is 0.321 e. The van der Waals surface area contributed by atoms with Crippen LogP contribution in [0.1, 0.15) is 12.8 Å². The molecule has 4 rings (SSSR count). The van der Waals surface area contributed by atoms with E-state index < -0.39 is 0 Å². The van der Waals surface area contributed by atoms with Crippen LogP contribution in [0.15, 0.2) is 30.6 Å². The molecule has 148 valence electrons. The first-order valence-electron chi connectivity index (χ1n) is 9.58. The fourth-order valence-electron chi connectivity index (χ4n) is 3.55. The van der Waals surface area contributed by atoms with E-state index in [-0.39, 0.29) is 11.9 Å². The Hall–Kier alpha value is -3.01. The molecular formula is C18H24N8O2. The van der Waals surface area contributed by atoms with Crippen molar-refractivity contribution < 1.29 is 9.59 Å². The van der Waals surface area contributed by atoms with Gasteiger partial charge in [-0.2, -0.15) is 0 Å². The topological polar surface area (TPSA) is 99.5 Å². The number of tetrazole rings is 1. The van der Waals surface area contributed by atoms with E-state index in [1.807, 2.05) is 29.2 Å². The molecule has 10 heteroatoms. The van der Waals surface area contributed by atoms with Crippen molar-refractivity contribution in [2.24, 2.45) is 0 Å². The quantitative estimate of drug-likeness (QED) is 0.821. The lowest BCUT2D eigenvalue weighted by molar-refractivity contribution is -0.131. The second kappa shape index (κ2) is 8.34. The molecule has 1 N–H and O–H groups in total. The number of hydrogen-bond donors (Lipinski definition) is 1. The first-order chi connectivity index (χ1) is 13.7. The average Bonchev–Trinajstić information content (AvgIpc) is 3.43. The monoisotopic (exact) mass is 384 g/mol. The van der Waals surface area contributed by atoms with Gasteiger partial charge < -0.3 is 15.1 Å². The standard InChI is InChI=1S/C18H24N8O2/c27-17(24-7-1-2-8-24)13-23-9-11-25(12-10-23)18(28)20-15-3-5-16(6-4-15)26-14-19-21-22-26/h3-6,14H,1-2,7-13H2,(H,20,28). The molecule has 28 heavy (non-hydrogen) atoms. The minimum atomic E-state index is -0.124. The largest absolute Gasteiger partial charge is 0.342 e. The van der Waals surface area contributed by atoms with Gasteiger partial charge in [0.25, 0.3) is 0 Å². The molecule has 0 atom stereocenters. The van der Waals surface area contributed by atoms with Crippen molar-refractivity contribution in [3.05, 3.63) is 30.6 Å². The van der Waals surface area contributed by atoms with Gasteiger partial charge in [-0.25, -0.2) is 9.48 Å². The number of rotatable bonds is 4. The number of carbonyl (C=O) groups is 2. The molecule has 2 saturated heterocycles. The van der Waals surface area contributed by atoms with Crippen LogP contribution in [0.4, 0.5) is 10.5 Å². The van der Waals surface area contributed by atoms with Gasteiger partial charge in [0.05, 0.1) is 12.2 Å². The van der Waals surface area contributed by atoms with Crippen molar-refractivity contribution in [2.75, 3.05) is 51.1 Å². The number of likely N-dealkylation sites (tertiary alicyclic amines) is 1. The Balaban J connectivity index is 1.24. The molecule has 0 aliphatic carbocycles. The third-order valence-corrected chi connectivity index (χ3v) is 5.21. The fourth-order valence-corrected chi connectivity index (χ4v) is 3.55. The van der Waals surface area contributed by atoms with Crippen LogP contribution in [0, 0.1) is 0 Å². The second-order valence-corrected chi connectivity index (χ2v) is 7.08. The minimum absolute atomic E-state index is 0.124. The number of hydrogen-bond acceptors (Lipinski definition) is 6. The van der Waals surface area contributed by atoms with E-state index in [4.69, 9.17) is 0 Å². The Morgan fingerprint density at radius 3 is 2.29 bits per heavy atom. The Kier molecular flexibility index (Phi) is 5.47. The van der Waals surface area contributed by atoms with Gasteiger partial charge in [0.1, 0.15) is 6.33 Å². The van der Waals surface area contributed by atoms with Crippen LogP contribution in [0.3, 0.4) is 0 Å². The molecule has 3 amide bonds. The van der Waals surface area contributed by atoms with E-state index in [0.717, 1.165) is 31.6 Å². The number of benzene rings is 1. The maximum atomic E-state index is 12.5. The molecule has 0 bridgehead atoms. The lowest BCUT2D eigenvalue weighted by atomic mass is 10.2. The smallest absolute Gasteiger partial charge is 0.321 e. The van der Waals surface area contributed by atoms with Gasteiger partial charge in [-0.3, -0.25) is 9.69 Å². The fraction of sp³-hybridized carbons (Fsp3) is 0.500. The highest BCUT2D eigenvalue weighted by Crippen LogP contribution is 2.14. The van der Waals surface area contributed by atoms with Crippen molar-refractivity contribution in [1.82, 2.24) is 34.9 Å². The lowest BCUT2D eigenvalue weighted by Gasteiger charge is -2.35. The summed E-state index contributed by atoms with van der Waals surface area (Å²) >= 11 is 0. The molecule has 1 aromatic heterocycles. The Labute approximate surface area is 163 Å². The van der Waals surface area contributed by atoms with Crippen molar-refractivity contribution in [2.45, 2.75) is 12.8 Å². The average molecular weight is 384 g/mol. The normalized spacial score (nSPS) is 17.7. The number of anilines is 1. The maximum absolute atomic E-state index is 12.5. The molecule has 2 aliphatic heterocycles. The first-order valence-corrected chi connectivity index (χ1v) is 9.58. The predicted molar refractivity (Wildman–Crippen MR) is 102 cm³/mol. The van der Waals surface area contributed by atoms with Crippen LogP contribution in [-0.4, -0.2) is 92.7 Å². The summed E-state index contributed by atoms with van der Waals surface area (Å²) in [5.41, 5.74) is 1.53. The Morgan fingerprint density at radius 1 is 0.929 bits per heavy atom. The Bertz CT molecular complexity index is 794. The molecule has 0 saturated carbocycles.